The second-order valence-corrected chi connectivity index (χ2v) is 5.30. The average molecular weight is 293 g/mol. The minimum Gasteiger partial charge on any atom is -0.497 e. The first-order valence-corrected chi connectivity index (χ1v) is 7.69. The van der Waals surface area contributed by atoms with Gasteiger partial charge in [0, 0.05) is 57.6 Å². The molecule has 0 spiro atoms. The van der Waals surface area contributed by atoms with Crippen LogP contribution in [0.2, 0.25) is 0 Å². The summed E-state index contributed by atoms with van der Waals surface area (Å²) in [6.07, 6.45) is 0.151. The maximum Gasteiger partial charge on any atom is 0.120 e. The number of ether oxygens (including phenoxy) is 2. The van der Waals surface area contributed by atoms with Crippen molar-refractivity contribution in [3.8, 4) is 5.75 Å². The van der Waals surface area contributed by atoms with E-state index in [0.717, 1.165) is 45.1 Å². The van der Waals surface area contributed by atoms with Crippen molar-refractivity contribution in [2.75, 3.05) is 57.9 Å². The summed E-state index contributed by atoms with van der Waals surface area (Å²) in [6, 6.07) is 8.26. The van der Waals surface area contributed by atoms with Crippen LogP contribution in [0.3, 0.4) is 0 Å². The van der Waals surface area contributed by atoms with Crippen LogP contribution < -0.4 is 15.4 Å². The average Bonchev–Trinajstić information content (AvgIpc) is 2.55. The second-order valence-electron chi connectivity index (χ2n) is 5.30. The molecule has 0 aliphatic carbocycles. The lowest BCUT2D eigenvalue weighted by Crippen LogP contribution is -2.50. The Balaban J connectivity index is 1.85. The molecule has 0 saturated carbocycles. The van der Waals surface area contributed by atoms with Crippen molar-refractivity contribution in [2.45, 2.75) is 13.0 Å². The normalized spacial score (nSPS) is 17.8. The number of piperazine rings is 1. The van der Waals surface area contributed by atoms with Gasteiger partial charge < -0.3 is 20.1 Å². The van der Waals surface area contributed by atoms with Crippen LogP contribution in [0.4, 0.5) is 5.69 Å². The fraction of sp³-hybridized carbons (Fsp3) is 0.625. The van der Waals surface area contributed by atoms with Crippen LogP contribution in [0.1, 0.15) is 6.92 Å². The standard InChI is InChI=1S/C16H27N3O2/c1-3-21-16(12-17)13-18-7-9-19(10-8-18)14-5-4-6-15(11-14)20-2/h4-6,11,16H,3,7-10,12-13,17H2,1-2H3. The number of rotatable bonds is 7. The number of methoxy groups -OCH3 is 1. The van der Waals surface area contributed by atoms with Gasteiger partial charge in [0.1, 0.15) is 5.75 Å². The van der Waals surface area contributed by atoms with Gasteiger partial charge in [-0.1, -0.05) is 6.07 Å². The molecule has 21 heavy (non-hydrogen) atoms. The molecule has 1 fully saturated rings. The minimum absolute atomic E-state index is 0.151. The Morgan fingerprint density at radius 3 is 2.62 bits per heavy atom. The van der Waals surface area contributed by atoms with E-state index < -0.39 is 0 Å². The largest absolute Gasteiger partial charge is 0.497 e. The first kappa shape index (κ1) is 16.1. The molecule has 1 saturated heterocycles. The molecule has 1 atom stereocenters. The summed E-state index contributed by atoms with van der Waals surface area (Å²) in [6.45, 7) is 8.39. The van der Waals surface area contributed by atoms with E-state index in [9.17, 15) is 0 Å². The number of nitrogens with zero attached hydrogens (tertiary/aromatic N) is 2. The van der Waals surface area contributed by atoms with E-state index in [1.54, 1.807) is 7.11 Å². The monoisotopic (exact) mass is 293 g/mol. The zero-order chi connectivity index (χ0) is 15.1. The highest BCUT2D eigenvalue weighted by Gasteiger charge is 2.20. The van der Waals surface area contributed by atoms with Gasteiger partial charge in [0.05, 0.1) is 13.2 Å². The van der Waals surface area contributed by atoms with E-state index in [1.807, 2.05) is 19.1 Å². The first-order valence-electron chi connectivity index (χ1n) is 7.69. The molecular formula is C16H27N3O2. The molecule has 1 aromatic carbocycles. The van der Waals surface area contributed by atoms with Gasteiger partial charge in [0.2, 0.25) is 0 Å². The number of hydrogen-bond donors (Lipinski definition) is 1. The number of anilines is 1. The molecule has 1 heterocycles. The van der Waals surface area contributed by atoms with Crippen molar-refractivity contribution in [1.29, 1.82) is 0 Å². The molecule has 1 aliphatic heterocycles. The topological polar surface area (TPSA) is 51.0 Å². The number of nitrogens with two attached hydrogens (primary N) is 1. The summed E-state index contributed by atoms with van der Waals surface area (Å²) in [7, 11) is 1.71. The summed E-state index contributed by atoms with van der Waals surface area (Å²) >= 11 is 0. The van der Waals surface area contributed by atoms with Gasteiger partial charge in [0.15, 0.2) is 0 Å². The third-order valence-electron chi connectivity index (χ3n) is 3.92. The molecular weight excluding hydrogens is 266 g/mol. The Kier molecular flexibility index (Phi) is 6.29. The van der Waals surface area contributed by atoms with Crippen LogP contribution in [0.15, 0.2) is 24.3 Å². The van der Waals surface area contributed by atoms with Crippen molar-refractivity contribution in [2.24, 2.45) is 5.73 Å². The van der Waals surface area contributed by atoms with Gasteiger partial charge in [-0.15, -0.1) is 0 Å². The molecule has 1 aromatic rings. The van der Waals surface area contributed by atoms with E-state index in [1.165, 1.54) is 5.69 Å². The van der Waals surface area contributed by atoms with Crippen molar-refractivity contribution in [3.63, 3.8) is 0 Å². The number of hydrogen-bond acceptors (Lipinski definition) is 5. The lowest BCUT2D eigenvalue weighted by atomic mass is 10.2. The fourth-order valence-corrected chi connectivity index (χ4v) is 2.71. The third kappa shape index (κ3) is 4.59. The van der Waals surface area contributed by atoms with Gasteiger partial charge in [-0.2, -0.15) is 0 Å². The Morgan fingerprint density at radius 1 is 1.24 bits per heavy atom. The third-order valence-corrected chi connectivity index (χ3v) is 3.92. The molecule has 1 unspecified atom stereocenters. The predicted octanol–water partition coefficient (Wildman–Crippen LogP) is 1.18. The van der Waals surface area contributed by atoms with E-state index in [2.05, 4.69) is 21.9 Å². The molecule has 1 aliphatic rings. The van der Waals surface area contributed by atoms with E-state index in [-0.39, 0.29) is 6.10 Å². The summed E-state index contributed by atoms with van der Waals surface area (Å²) in [5.41, 5.74) is 6.98. The van der Waals surface area contributed by atoms with Gasteiger partial charge in [-0.3, -0.25) is 4.90 Å². The van der Waals surface area contributed by atoms with Crippen LogP contribution >= 0.6 is 0 Å². The molecule has 5 heteroatoms. The van der Waals surface area contributed by atoms with Crippen LogP contribution in [0.25, 0.3) is 0 Å². The first-order chi connectivity index (χ1) is 10.3. The molecule has 0 radical (unpaired) electrons. The summed E-state index contributed by atoms with van der Waals surface area (Å²) in [5, 5.41) is 0. The van der Waals surface area contributed by atoms with Gasteiger partial charge in [-0.05, 0) is 19.1 Å². The second kappa shape index (κ2) is 8.22. The van der Waals surface area contributed by atoms with Crippen LogP contribution in [-0.4, -0.2) is 64.0 Å². The highest BCUT2D eigenvalue weighted by molar-refractivity contribution is 5.51. The van der Waals surface area contributed by atoms with Crippen molar-refractivity contribution < 1.29 is 9.47 Å². The molecule has 0 amide bonds. The lowest BCUT2D eigenvalue weighted by Gasteiger charge is -2.37. The zero-order valence-electron chi connectivity index (χ0n) is 13.1. The molecule has 2 rings (SSSR count). The smallest absolute Gasteiger partial charge is 0.120 e. The quantitative estimate of drug-likeness (QED) is 0.818. The lowest BCUT2D eigenvalue weighted by molar-refractivity contribution is 0.0379. The molecule has 118 valence electrons. The summed E-state index contributed by atoms with van der Waals surface area (Å²) < 4.78 is 10.9. The van der Waals surface area contributed by atoms with Gasteiger partial charge >= 0.3 is 0 Å². The maximum absolute atomic E-state index is 5.75. The molecule has 0 aromatic heterocycles. The highest BCUT2D eigenvalue weighted by Crippen LogP contribution is 2.22. The maximum atomic E-state index is 5.75. The zero-order valence-corrected chi connectivity index (χ0v) is 13.1. The van der Waals surface area contributed by atoms with E-state index in [0.29, 0.717) is 6.54 Å². The van der Waals surface area contributed by atoms with Crippen molar-refractivity contribution in [3.05, 3.63) is 24.3 Å². The van der Waals surface area contributed by atoms with Gasteiger partial charge in [-0.25, -0.2) is 0 Å². The molecule has 0 bridgehead atoms. The van der Waals surface area contributed by atoms with E-state index >= 15 is 0 Å². The SMILES string of the molecule is CCOC(CN)CN1CCN(c2cccc(OC)c2)CC1. The Labute approximate surface area is 127 Å². The van der Waals surface area contributed by atoms with E-state index in [4.69, 9.17) is 15.2 Å². The van der Waals surface area contributed by atoms with Crippen molar-refractivity contribution in [1.82, 2.24) is 4.90 Å². The Hall–Kier alpha value is -1.30. The van der Waals surface area contributed by atoms with Crippen LogP contribution in [0.5, 0.6) is 5.75 Å². The predicted molar refractivity (Wildman–Crippen MR) is 86.1 cm³/mol. The van der Waals surface area contributed by atoms with Crippen molar-refractivity contribution >= 4 is 5.69 Å². The summed E-state index contributed by atoms with van der Waals surface area (Å²) in [4.78, 5) is 4.83. The Morgan fingerprint density at radius 2 is 2.00 bits per heavy atom. The summed E-state index contributed by atoms with van der Waals surface area (Å²) in [5.74, 6) is 0.912. The molecule has 2 N–H and O–H groups in total. The van der Waals surface area contributed by atoms with Gasteiger partial charge in [0.25, 0.3) is 0 Å². The van der Waals surface area contributed by atoms with Crippen LogP contribution in [0, 0.1) is 0 Å². The molecule has 5 nitrogen and oxygen atoms in total. The fourth-order valence-electron chi connectivity index (χ4n) is 2.71. The van der Waals surface area contributed by atoms with Crippen LogP contribution in [-0.2, 0) is 4.74 Å². The number of benzene rings is 1. The minimum atomic E-state index is 0.151. The Bertz CT molecular complexity index is 420. The highest BCUT2D eigenvalue weighted by atomic mass is 16.5.